The third-order valence-electron chi connectivity index (χ3n) is 2.00. The Labute approximate surface area is 85.9 Å². The Morgan fingerprint density at radius 3 is 3.07 bits per heavy atom. The van der Waals surface area contributed by atoms with E-state index in [0.717, 1.165) is 16.7 Å². The molecule has 4 heteroatoms. The minimum Gasteiger partial charge on any atom is -0.337 e. The summed E-state index contributed by atoms with van der Waals surface area (Å²) < 4.78 is 7.91. The largest absolute Gasteiger partial charge is 0.337 e. The summed E-state index contributed by atoms with van der Waals surface area (Å²) in [6.45, 7) is 0. The Balaban J connectivity index is 2.33. The van der Waals surface area contributed by atoms with Crippen LogP contribution in [-0.4, -0.2) is 14.9 Å². The number of imidazole rings is 1. The maximum absolute atomic E-state index is 7.91. The number of nitrogens with one attached hydrogen (secondary N) is 1. The lowest BCUT2D eigenvalue weighted by atomic mass is 10.3. The molecule has 0 bridgehead atoms. The van der Waals surface area contributed by atoms with Crippen LogP contribution in [0.5, 0.6) is 0 Å². The summed E-state index contributed by atoms with van der Waals surface area (Å²) in [7, 11) is 0. The quantitative estimate of drug-likeness (QED) is 0.659. The molecule has 0 spiro atoms. The number of aromatic nitrogens is 3. The smallest absolute Gasteiger partial charge is 0.168 e. The molecule has 14 heavy (non-hydrogen) atoms. The van der Waals surface area contributed by atoms with Gasteiger partial charge in [0.15, 0.2) is 7.24 Å². The number of nitrogens with zero attached hydrogens (tertiary/aromatic N) is 2. The average Bonchev–Trinajstić information content (AvgIpc) is 2.87. The Morgan fingerprint density at radius 1 is 1.36 bits per heavy atom. The molecule has 0 fully saturated rings. The third-order valence-corrected chi connectivity index (χ3v) is 2.58. The second-order valence-electron chi connectivity index (χ2n) is 2.91. The Hall–Kier alpha value is -1.68. The fraction of sp³-hybridized carbons (Fsp3) is 0. The molecule has 0 atom stereocenters. The van der Waals surface area contributed by atoms with Gasteiger partial charge in [-0.2, -0.15) is 0 Å². The van der Waals surface area contributed by atoms with Crippen LogP contribution in [0, 0.1) is 0 Å². The fourth-order valence-corrected chi connectivity index (χ4v) is 1.87. The van der Waals surface area contributed by atoms with Crippen LogP contribution in [0.1, 0.15) is 0 Å². The van der Waals surface area contributed by atoms with E-state index in [1.54, 1.807) is 5.51 Å². The number of para-hydroxylation sites is 2. The lowest BCUT2D eigenvalue weighted by Crippen LogP contribution is -1.77. The second kappa shape index (κ2) is 2.92. The first kappa shape index (κ1) is 6.73. The molecule has 0 saturated carbocycles. The minimum atomic E-state index is 0.595. The first-order valence-electron chi connectivity index (χ1n) is 4.66. The fourth-order valence-electron chi connectivity index (χ4n) is 1.34. The zero-order chi connectivity index (χ0) is 10.3. The highest BCUT2D eigenvalue weighted by Crippen LogP contribution is 2.19. The Kier molecular flexibility index (Phi) is 1.40. The van der Waals surface area contributed by atoms with E-state index >= 15 is 0 Å². The normalized spacial score (nSPS) is 11.9. The lowest BCUT2D eigenvalue weighted by Gasteiger charge is -1.84. The number of H-pyrrole nitrogens is 1. The SMILES string of the molecule is [2H]n1c(-c2cscn2)nc2ccccc21. The molecule has 2 heterocycles. The van der Waals surface area contributed by atoms with Crippen LogP contribution in [0.15, 0.2) is 35.2 Å². The van der Waals surface area contributed by atoms with Crippen molar-refractivity contribution in [2.24, 2.45) is 0 Å². The van der Waals surface area contributed by atoms with Gasteiger partial charge in [0.05, 0.1) is 16.5 Å². The van der Waals surface area contributed by atoms with Crippen molar-refractivity contribution in [2.45, 2.75) is 0 Å². The molecule has 3 aromatic rings. The number of hydrogen-bond acceptors (Lipinski definition) is 3. The van der Waals surface area contributed by atoms with E-state index < -0.39 is 0 Å². The highest BCUT2D eigenvalue weighted by molar-refractivity contribution is 7.07. The molecule has 0 saturated heterocycles. The van der Waals surface area contributed by atoms with E-state index in [-0.39, 0.29) is 0 Å². The van der Waals surface area contributed by atoms with E-state index in [9.17, 15) is 0 Å². The van der Waals surface area contributed by atoms with E-state index in [1.807, 2.05) is 29.6 Å². The number of fused-ring (bicyclic) bond motifs is 1. The predicted molar refractivity (Wildman–Crippen MR) is 57.2 cm³/mol. The molecule has 1 N–H and O–H groups in total. The predicted octanol–water partition coefficient (Wildman–Crippen LogP) is 2.69. The molecule has 0 aliphatic heterocycles. The Morgan fingerprint density at radius 2 is 2.29 bits per heavy atom. The molecule has 68 valence electrons. The molecular formula is C10H7N3S. The van der Waals surface area contributed by atoms with Crippen LogP contribution in [0.25, 0.3) is 22.6 Å². The Bertz CT molecular complexity index is 600. The number of thiazole rings is 1. The minimum absolute atomic E-state index is 0.595. The van der Waals surface area contributed by atoms with Crippen molar-refractivity contribution in [3.63, 3.8) is 0 Å². The average molecular weight is 202 g/mol. The van der Waals surface area contributed by atoms with Gasteiger partial charge in [-0.1, -0.05) is 12.1 Å². The summed E-state index contributed by atoms with van der Waals surface area (Å²) in [6.07, 6.45) is 0. The summed E-state index contributed by atoms with van der Waals surface area (Å²) >= 11 is 1.51. The van der Waals surface area contributed by atoms with E-state index in [1.165, 1.54) is 16.3 Å². The van der Waals surface area contributed by atoms with Crippen molar-refractivity contribution >= 4 is 22.4 Å². The molecule has 3 rings (SSSR count). The maximum atomic E-state index is 7.91. The van der Waals surface area contributed by atoms with Gasteiger partial charge in [0, 0.05) is 5.38 Å². The van der Waals surface area contributed by atoms with Gasteiger partial charge in [0.25, 0.3) is 0 Å². The van der Waals surface area contributed by atoms with Gasteiger partial charge in [-0.25, -0.2) is 9.97 Å². The third kappa shape index (κ3) is 1.12. The summed E-state index contributed by atoms with van der Waals surface area (Å²) in [6, 6.07) is 7.60. The molecule has 0 aliphatic carbocycles. The van der Waals surface area contributed by atoms with Crippen molar-refractivity contribution < 1.29 is 1.41 Å². The molecule has 0 radical (unpaired) electrons. The zero-order valence-electron chi connectivity index (χ0n) is 8.21. The number of aromatic amines is 1. The van der Waals surface area contributed by atoms with E-state index in [0.29, 0.717) is 5.82 Å². The van der Waals surface area contributed by atoms with Crippen molar-refractivity contribution in [2.75, 3.05) is 0 Å². The zero-order valence-corrected chi connectivity index (χ0v) is 8.03. The van der Waals surface area contributed by atoms with Gasteiger partial charge < -0.3 is 4.98 Å². The first-order chi connectivity index (χ1) is 7.36. The van der Waals surface area contributed by atoms with Crippen molar-refractivity contribution in [3.05, 3.63) is 35.2 Å². The maximum Gasteiger partial charge on any atom is 0.168 e. The first-order valence-corrected chi connectivity index (χ1v) is 5.16. The highest BCUT2D eigenvalue weighted by atomic mass is 32.1. The summed E-state index contributed by atoms with van der Waals surface area (Å²) in [5, 5.41) is 1.90. The van der Waals surface area contributed by atoms with Crippen LogP contribution in [0.3, 0.4) is 0 Å². The second-order valence-corrected chi connectivity index (χ2v) is 3.63. The van der Waals surface area contributed by atoms with E-state index in [2.05, 4.69) is 9.97 Å². The van der Waals surface area contributed by atoms with Crippen LogP contribution in [0.4, 0.5) is 0 Å². The summed E-state index contributed by atoms with van der Waals surface area (Å²) in [5.74, 6) is 0.595. The number of benzene rings is 1. The molecule has 0 amide bonds. The van der Waals surface area contributed by atoms with Gasteiger partial charge in [-0.3, -0.25) is 0 Å². The van der Waals surface area contributed by atoms with Gasteiger partial charge in [0.2, 0.25) is 0 Å². The standard InChI is InChI=1S/C10H7N3S/c1-2-4-8-7(3-1)12-10(13-8)9-5-14-6-11-9/h1-6H,(H,12,13)/i/hD. The number of rotatable bonds is 1. The van der Waals surface area contributed by atoms with Gasteiger partial charge in [-0.05, 0) is 12.1 Å². The van der Waals surface area contributed by atoms with Crippen molar-refractivity contribution in [1.82, 2.24) is 14.9 Å². The topological polar surface area (TPSA) is 41.6 Å². The molecule has 2 aromatic heterocycles. The van der Waals surface area contributed by atoms with Gasteiger partial charge in [0.1, 0.15) is 5.69 Å². The molecule has 3 nitrogen and oxygen atoms in total. The summed E-state index contributed by atoms with van der Waals surface area (Å²) in [4.78, 5) is 9.86. The van der Waals surface area contributed by atoms with Crippen LogP contribution < -0.4 is 0 Å². The van der Waals surface area contributed by atoms with Crippen LogP contribution in [-0.2, 0) is 0 Å². The van der Waals surface area contributed by atoms with Crippen LogP contribution in [0.2, 0.25) is 1.41 Å². The summed E-state index contributed by atoms with van der Waals surface area (Å²) in [5.41, 5.74) is 4.14. The highest BCUT2D eigenvalue weighted by Gasteiger charge is 2.05. The van der Waals surface area contributed by atoms with Crippen molar-refractivity contribution in [3.8, 4) is 11.5 Å². The van der Waals surface area contributed by atoms with Crippen molar-refractivity contribution in [1.29, 1.82) is 0 Å². The van der Waals surface area contributed by atoms with Gasteiger partial charge in [-0.15, -0.1) is 11.3 Å². The van der Waals surface area contributed by atoms with Crippen LogP contribution >= 0.6 is 11.3 Å². The molecule has 0 aliphatic rings. The monoisotopic (exact) mass is 202 g/mol. The molecular weight excluding hydrogens is 194 g/mol. The van der Waals surface area contributed by atoms with Gasteiger partial charge >= 0.3 is 0 Å². The molecule has 1 aromatic carbocycles. The lowest BCUT2D eigenvalue weighted by molar-refractivity contribution is 1.27. The van der Waals surface area contributed by atoms with E-state index in [4.69, 9.17) is 1.41 Å². The molecule has 0 unspecified atom stereocenters. The number of hydrogen-bond donors (Lipinski definition) is 1.